The monoisotopic (exact) mass is 260 g/mol. The maximum atomic E-state index is 11.9. The van der Waals surface area contributed by atoms with Crippen LogP contribution in [0.3, 0.4) is 0 Å². The minimum atomic E-state index is -0.0382. The molecule has 1 amide bonds. The van der Waals surface area contributed by atoms with Crippen LogP contribution in [0, 0.1) is 6.92 Å². The van der Waals surface area contributed by atoms with E-state index in [-0.39, 0.29) is 5.91 Å². The molecule has 0 atom stereocenters. The molecule has 0 aliphatic heterocycles. The molecular formula is C14H16N2OS. The van der Waals surface area contributed by atoms with Gasteiger partial charge in [0.2, 0.25) is 0 Å². The quantitative estimate of drug-likeness (QED) is 0.918. The number of aryl methyl sites for hydroxylation is 2. The second-order valence-electron chi connectivity index (χ2n) is 4.08. The third-order valence-electron chi connectivity index (χ3n) is 2.72. The van der Waals surface area contributed by atoms with Crippen LogP contribution in [-0.2, 0) is 13.0 Å². The topological polar surface area (TPSA) is 42.0 Å². The highest BCUT2D eigenvalue weighted by Gasteiger charge is 2.05. The highest BCUT2D eigenvalue weighted by atomic mass is 32.1. The van der Waals surface area contributed by atoms with Crippen molar-refractivity contribution < 1.29 is 4.79 Å². The van der Waals surface area contributed by atoms with Gasteiger partial charge in [-0.25, -0.2) is 4.98 Å². The summed E-state index contributed by atoms with van der Waals surface area (Å²) in [5.74, 6) is -0.0382. The Balaban J connectivity index is 1.94. The zero-order chi connectivity index (χ0) is 13.0. The first kappa shape index (κ1) is 12.8. The molecule has 0 spiro atoms. The Kier molecular flexibility index (Phi) is 4.10. The average molecular weight is 260 g/mol. The molecule has 0 fully saturated rings. The van der Waals surface area contributed by atoms with Gasteiger partial charge in [-0.15, -0.1) is 11.3 Å². The summed E-state index contributed by atoms with van der Waals surface area (Å²) in [6.45, 7) is 4.60. The summed E-state index contributed by atoms with van der Waals surface area (Å²) in [6, 6.07) is 7.72. The fourth-order valence-electron chi connectivity index (χ4n) is 1.65. The van der Waals surface area contributed by atoms with E-state index in [0.717, 1.165) is 16.3 Å². The van der Waals surface area contributed by atoms with Crippen molar-refractivity contribution in [3.8, 4) is 0 Å². The molecule has 0 saturated heterocycles. The number of nitrogens with zero attached hydrogens (tertiary/aromatic N) is 1. The largest absolute Gasteiger partial charge is 0.347 e. The highest BCUT2D eigenvalue weighted by molar-refractivity contribution is 7.11. The van der Waals surface area contributed by atoms with Crippen molar-refractivity contribution in [3.63, 3.8) is 0 Å². The second-order valence-corrected chi connectivity index (χ2v) is 5.40. The number of aromatic nitrogens is 1. The Morgan fingerprint density at radius 3 is 2.61 bits per heavy atom. The van der Waals surface area contributed by atoms with Gasteiger partial charge in [0, 0.05) is 16.6 Å². The predicted molar refractivity (Wildman–Crippen MR) is 73.8 cm³/mol. The molecule has 4 heteroatoms. The van der Waals surface area contributed by atoms with E-state index in [1.807, 2.05) is 31.2 Å². The predicted octanol–water partition coefficient (Wildman–Crippen LogP) is 2.94. The number of carbonyl (C=O) groups is 1. The van der Waals surface area contributed by atoms with Gasteiger partial charge in [0.05, 0.1) is 11.6 Å². The zero-order valence-corrected chi connectivity index (χ0v) is 11.4. The lowest BCUT2D eigenvalue weighted by Crippen LogP contribution is -2.22. The normalized spacial score (nSPS) is 10.3. The number of nitrogens with one attached hydrogen (secondary N) is 1. The van der Waals surface area contributed by atoms with Crippen molar-refractivity contribution in [3.05, 3.63) is 51.5 Å². The number of rotatable bonds is 4. The molecule has 0 saturated carbocycles. The minimum absolute atomic E-state index is 0.0382. The standard InChI is InChI=1S/C14H16N2OS/c1-3-11-4-6-12(7-5-11)14(17)16-9-13-8-15-10(2)18-13/h4-8H,3,9H2,1-2H3,(H,16,17). The molecule has 2 rings (SSSR count). The van der Waals surface area contributed by atoms with Crippen LogP contribution in [0.4, 0.5) is 0 Å². The molecule has 94 valence electrons. The molecule has 0 aliphatic carbocycles. The van der Waals surface area contributed by atoms with Gasteiger partial charge in [0.1, 0.15) is 0 Å². The molecule has 0 aliphatic rings. The lowest BCUT2D eigenvalue weighted by atomic mass is 10.1. The van der Waals surface area contributed by atoms with E-state index in [2.05, 4.69) is 17.2 Å². The van der Waals surface area contributed by atoms with Crippen molar-refractivity contribution in [1.29, 1.82) is 0 Å². The van der Waals surface area contributed by atoms with Crippen molar-refractivity contribution >= 4 is 17.2 Å². The summed E-state index contributed by atoms with van der Waals surface area (Å²) in [4.78, 5) is 17.1. The Bertz CT molecular complexity index is 531. The lowest BCUT2D eigenvalue weighted by Gasteiger charge is -2.04. The van der Waals surface area contributed by atoms with Gasteiger partial charge in [0.25, 0.3) is 5.91 Å². The third-order valence-corrected chi connectivity index (χ3v) is 3.63. The van der Waals surface area contributed by atoms with Crippen LogP contribution < -0.4 is 5.32 Å². The van der Waals surface area contributed by atoms with Gasteiger partial charge in [-0.05, 0) is 31.0 Å². The molecule has 0 bridgehead atoms. The number of hydrogen-bond donors (Lipinski definition) is 1. The van der Waals surface area contributed by atoms with Crippen molar-refractivity contribution in [1.82, 2.24) is 10.3 Å². The first-order chi connectivity index (χ1) is 8.69. The number of carbonyl (C=O) groups excluding carboxylic acids is 1. The van der Waals surface area contributed by atoms with E-state index in [9.17, 15) is 4.79 Å². The van der Waals surface area contributed by atoms with Crippen LogP contribution in [0.2, 0.25) is 0 Å². The molecule has 1 N–H and O–H groups in total. The van der Waals surface area contributed by atoms with Crippen LogP contribution in [0.25, 0.3) is 0 Å². The number of hydrogen-bond acceptors (Lipinski definition) is 3. The summed E-state index contributed by atoms with van der Waals surface area (Å²) in [5, 5.41) is 3.92. The van der Waals surface area contributed by atoms with Crippen molar-refractivity contribution in [2.45, 2.75) is 26.8 Å². The Morgan fingerprint density at radius 1 is 1.33 bits per heavy atom. The second kappa shape index (κ2) is 5.78. The van der Waals surface area contributed by atoms with Gasteiger partial charge < -0.3 is 5.32 Å². The van der Waals surface area contributed by atoms with E-state index in [1.165, 1.54) is 5.56 Å². The van der Waals surface area contributed by atoms with E-state index >= 15 is 0 Å². The molecule has 0 unspecified atom stereocenters. The summed E-state index contributed by atoms with van der Waals surface area (Å²) in [7, 11) is 0. The van der Waals surface area contributed by atoms with Gasteiger partial charge >= 0.3 is 0 Å². The highest BCUT2D eigenvalue weighted by Crippen LogP contribution is 2.11. The molecule has 3 nitrogen and oxygen atoms in total. The molecule has 1 heterocycles. The van der Waals surface area contributed by atoms with E-state index < -0.39 is 0 Å². The third kappa shape index (κ3) is 3.17. The summed E-state index contributed by atoms with van der Waals surface area (Å²) < 4.78 is 0. The van der Waals surface area contributed by atoms with Crippen LogP contribution in [0.1, 0.15) is 32.7 Å². The first-order valence-corrected chi connectivity index (χ1v) is 6.79. The lowest BCUT2D eigenvalue weighted by molar-refractivity contribution is 0.0951. The Hall–Kier alpha value is -1.68. The fourth-order valence-corrected chi connectivity index (χ4v) is 2.38. The Morgan fingerprint density at radius 2 is 2.06 bits per heavy atom. The number of thiazole rings is 1. The van der Waals surface area contributed by atoms with Gasteiger partial charge in [0.15, 0.2) is 0 Å². The van der Waals surface area contributed by atoms with Gasteiger partial charge in [-0.3, -0.25) is 4.79 Å². The van der Waals surface area contributed by atoms with Gasteiger partial charge in [-0.2, -0.15) is 0 Å². The fraction of sp³-hybridized carbons (Fsp3) is 0.286. The van der Waals surface area contributed by atoms with E-state index in [1.54, 1.807) is 17.5 Å². The van der Waals surface area contributed by atoms with E-state index in [0.29, 0.717) is 12.1 Å². The maximum Gasteiger partial charge on any atom is 0.251 e. The van der Waals surface area contributed by atoms with Crippen molar-refractivity contribution in [2.24, 2.45) is 0 Å². The molecule has 1 aromatic carbocycles. The summed E-state index contributed by atoms with van der Waals surface area (Å²) in [6.07, 6.45) is 2.79. The molecule has 1 aromatic heterocycles. The van der Waals surface area contributed by atoms with Crippen LogP contribution in [0.15, 0.2) is 30.5 Å². The minimum Gasteiger partial charge on any atom is -0.347 e. The maximum absolute atomic E-state index is 11.9. The molecule has 0 radical (unpaired) electrons. The number of benzene rings is 1. The van der Waals surface area contributed by atoms with Crippen LogP contribution in [0.5, 0.6) is 0 Å². The molecule has 2 aromatic rings. The van der Waals surface area contributed by atoms with Crippen molar-refractivity contribution in [2.75, 3.05) is 0 Å². The van der Waals surface area contributed by atoms with Crippen LogP contribution in [-0.4, -0.2) is 10.9 Å². The summed E-state index contributed by atoms with van der Waals surface area (Å²) in [5.41, 5.74) is 1.94. The molecule has 18 heavy (non-hydrogen) atoms. The van der Waals surface area contributed by atoms with E-state index in [4.69, 9.17) is 0 Å². The Labute approximate surface area is 111 Å². The average Bonchev–Trinajstić information content (AvgIpc) is 2.82. The van der Waals surface area contributed by atoms with Gasteiger partial charge in [-0.1, -0.05) is 19.1 Å². The first-order valence-electron chi connectivity index (χ1n) is 5.97. The van der Waals surface area contributed by atoms with Crippen LogP contribution >= 0.6 is 11.3 Å². The SMILES string of the molecule is CCc1ccc(C(=O)NCc2cnc(C)s2)cc1. The smallest absolute Gasteiger partial charge is 0.251 e. The molecular weight excluding hydrogens is 244 g/mol. The summed E-state index contributed by atoms with van der Waals surface area (Å²) >= 11 is 1.61. The number of amides is 1. The zero-order valence-electron chi connectivity index (χ0n) is 10.6.